The third kappa shape index (κ3) is 4.41. The van der Waals surface area contributed by atoms with Gasteiger partial charge in [-0.1, -0.05) is 6.07 Å². The predicted octanol–water partition coefficient (Wildman–Crippen LogP) is 2.87. The summed E-state index contributed by atoms with van der Waals surface area (Å²) in [5.41, 5.74) is 7.75. The SMILES string of the molecule is Cc1c(NC(=O)c2ccco2)cccc1C(=O)N[C@@H]1CC[C@@H](N)C1.Cl. The summed E-state index contributed by atoms with van der Waals surface area (Å²) in [6.45, 7) is 1.81. The van der Waals surface area contributed by atoms with E-state index in [1.54, 1.807) is 30.3 Å². The Hall–Kier alpha value is -2.31. The lowest BCUT2D eigenvalue weighted by atomic mass is 10.1. The molecule has 0 bridgehead atoms. The van der Waals surface area contributed by atoms with Gasteiger partial charge < -0.3 is 20.8 Å². The molecular weight excluding hydrogens is 342 g/mol. The minimum atomic E-state index is -0.345. The van der Waals surface area contributed by atoms with Crippen molar-refractivity contribution in [3.05, 3.63) is 53.5 Å². The maximum absolute atomic E-state index is 12.5. The van der Waals surface area contributed by atoms with Crippen LogP contribution in [-0.4, -0.2) is 23.9 Å². The first kappa shape index (κ1) is 19.0. The van der Waals surface area contributed by atoms with Crippen LogP contribution in [-0.2, 0) is 0 Å². The van der Waals surface area contributed by atoms with Gasteiger partial charge in [0.1, 0.15) is 0 Å². The van der Waals surface area contributed by atoms with Crippen molar-refractivity contribution in [1.29, 1.82) is 0 Å². The molecule has 2 atom stereocenters. The van der Waals surface area contributed by atoms with E-state index in [0.717, 1.165) is 24.8 Å². The number of furan rings is 1. The average Bonchev–Trinajstić information content (AvgIpc) is 3.21. The molecule has 3 rings (SSSR count). The first-order valence-electron chi connectivity index (χ1n) is 8.05. The van der Waals surface area contributed by atoms with Crippen LogP contribution in [0.5, 0.6) is 0 Å². The van der Waals surface area contributed by atoms with Gasteiger partial charge in [-0.3, -0.25) is 9.59 Å². The zero-order valence-corrected chi connectivity index (χ0v) is 14.8. The molecule has 7 heteroatoms. The first-order chi connectivity index (χ1) is 11.5. The van der Waals surface area contributed by atoms with Crippen LogP contribution in [0, 0.1) is 6.92 Å². The van der Waals surface area contributed by atoms with Gasteiger partial charge >= 0.3 is 0 Å². The molecule has 6 nitrogen and oxygen atoms in total. The van der Waals surface area contributed by atoms with E-state index in [1.807, 2.05) is 6.92 Å². The zero-order valence-electron chi connectivity index (χ0n) is 14.0. The molecule has 134 valence electrons. The summed E-state index contributed by atoms with van der Waals surface area (Å²) in [5.74, 6) is -0.257. The summed E-state index contributed by atoms with van der Waals surface area (Å²) in [7, 11) is 0. The highest BCUT2D eigenvalue weighted by molar-refractivity contribution is 6.04. The van der Waals surface area contributed by atoms with Gasteiger partial charge in [-0.25, -0.2) is 0 Å². The van der Waals surface area contributed by atoms with Crippen LogP contribution in [0.4, 0.5) is 5.69 Å². The molecule has 0 radical (unpaired) electrons. The van der Waals surface area contributed by atoms with Crippen molar-refractivity contribution in [3.63, 3.8) is 0 Å². The van der Waals surface area contributed by atoms with Gasteiger partial charge in [-0.15, -0.1) is 12.4 Å². The average molecular weight is 364 g/mol. The molecule has 2 amide bonds. The maximum atomic E-state index is 12.5. The van der Waals surface area contributed by atoms with Crippen LogP contribution in [0.2, 0.25) is 0 Å². The number of amides is 2. The van der Waals surface area contributed by atoms with Crippen molar-refractivity contribution in [2.45, 2.75) is 38.3 Å². The monoisotopic (exact) mass is 363 g/mol. The number of rotatable bonds is 4. The van der Waals surface area contributed by atoms with Gasteiger partial charge in [-0.2, -0.15) is 0 Å². The number of benzene rings is 1. The molecule has 1 aliphatic rings. The Morgan fingerprint density at radius 3 is 2.60 bits per heavy atom. The number of carbonyl (C=O) groups is 2. The molecule has 1 fully saturated rings. The van der Waals surface area contributed by atoms with Crippen LogP contribution < -0.4 is 16.4 Å². The number of carbonyl (C=O) groups excluding carboxylic acids is 2. The van der Waals surface area contributed by atoms with Gasteiger partial charge in [-0.05, 0) is 56.0 Å². The van der Waals surface area contributed by atoms with E-state index in [1.165, 1.54) is 6.26 Å². The standard InChI is InChI=1S/C18H21N3O3.ClH/c1-11-14(17(22)20-13-8-7-12(19)10-13)4-2-5-15(11)21-18(23)16-6-3-9-24-16;/h2-6,9,12-13H,7-8,10,19H2,1H3,(H,20,22)(H,21,23);1H/t12-,13-;/m1./s1. The maximum Gasteiger partial charge on any atom is 0.291 e. The highest BCUT2D eigenvalue weighted by Gasteiger charge is 2.24. The Morgan fingerprint density at radius 2 is 1.96 bits per heavy atom. The quantitative estimate of drug-likeness (QED) is 0.778. The van der Waals surface area contributed by atoms with Gasteiger partial charge in [0.25, 0.3) is 11.8 Å². The summed E-state index contributed by atoms with van der Waals surface area (Å²) in [6.07, 6.45) is 4.09. The summed E-state index contributed by atoms with van der Waals surface area (Å²) in [5, 5.41) is 5.80. The van der Waals surface area contributed by atoms with Crippen molar-refractivity contribution >= 4 is 29.9 Å². The van der Waals surface area contributed by atoms with E-state index in [-0.39, 0.29) is 42.1 Å². The first-order valence-corrected chi connectivity index (χ1v) is 8.05. The van der Waals surface area contributed by atoms with Crippen LogP contribution in [0.25, 0.3) is 0 Å². The second kappa shape index (κ2) is 8.18. The highest BCUT2D eigenvalue weighted by atomic mass is 35.5. The molecule has 1 aliphatic carbocycles. The van der Waals surface area contributed by atoms with E-state index in [0.29, 0.717) is 11.3 Å². The van der Waals surface area contributed by atoms with Crippen molar-refractivity contribution < 1.29 is 14.0 Å². The molecular formula is C18H22ClN3O3. The molecule has 0 aliphatic heterocycles. The van der Waals surface area contributed by atoms with Gasteiger partial charge in [0.05, 0.1) is 6.26 Å². The van der Waals surface area contributed by atoms with Crippen LogP contribution in [0.1, 0.15) is 45.7 Å². The molecule has 1 aromatic heterocycles. The number of anilines is 1. The molecule has 1 saturated carbocycles. The van der Waals surface area contributed by atoms with E-state index in [2.05, 4.69) is 10.6 Å². The summed E-state index contributed by atoms with van der Waals surface area (Å²) in [6, 6.07) is 8.78. The van der Waals surface area contributed by atoms with E-state index < -0.39 is 0 Å². The number of halogens is 1. The smallest absolute Gasteiger partial charge is 0.291 e. The van der Waals surface area contributed by atoms with Crippen molar-refractivity contribution in [2.75, 3.05) is 5.32 Å². The summed E-state index contributed by atoms with van der Waals surface area (Å²) >= 11 is 0. The number of nitrogens with one attached hydrogen (secondary N) is 2. The zero-order chi connectivity index (χ0) is 17.1. The van der Waals surface area contributed by atoms with Crippen LogP contribution >= 0.6 is 12.4 Å². The molecule has 25 heavy (non-hydrogen) atoms. The van der Waals surface area contributed by atoms with Crippen molar-refractivity contribution in [3.8, 4) is 0 Å². The van der Waals surface area contributed by atoms with Gasteiger partial charge in [0, 0.05) is 23.3 Å². The number of hydrogen-bond donors (Lipinski definition) is 3. The Balaban J connectivity index is 0.00000225. The molecule has 0 saturated heterocycles. The van der Waals surface area contributed by atoms with Crippen LogP contribution in [0.3, 0.4) is 0 Å². The Morgan fingerprint density at radius 1 is 1.16 bits per heavy atom. The Kier molecular flexibility index (Phi) is 6.22. The van der Waals surface area contributed by atoms with Crippen molar-refractivity contribution in [1.82, 2.24) is 5.32 Å². The lowest BCUT2D eigenvalue weighted by Gasteiger charge is -2.15. The summed E-state index contributed by atoms with van der Waals surface area (Å²) < 4.78 is 5.08. The number of nitrogens with two attached hydrogens (primary N) is 1. The molecule has 0 spiro atoms. The third-order valence-corrected chi connectivity index (χ3v) is 4.38. The lowest BCUT2D eigenvalue weighted by molar-refractivity contribution is 0.0935. The Labute approximate surface area is 152 Å². The molecule has 1 heterocycles. The fourth-order valence-electron chi connectivity index (χ4n) is 3.02. The second-order valence-electron chi connectivity index (χ2n) is 6.15. The molecule has 1 aromatic carbocycles. The third-order valence-electron chi connectivity index (χ3n) is 4.38. The van der Waals surface area contributed by atoms with E-state index in [9.17, 15) is 9.59 Å². The highest BCUT2D eigenvalue weighted by Crippen LogP contribution is 2.22. The minimum absolute atomic E-state index is 0. The van der Waals surface area contributed by atoms with Gasteiger partial charge in [0.2, 0.25) is 0 Å². The number of hydrogen-bond acceptors (Lipinski definition) is 4. The largest absolute Gasteiger partial charge is 0.459 e. The molecule has 2 aromatic rings. The summed E-state index contributed by atoms with van der Waals surface area (Å²) in [4.78, 5) is 24.6. The lowest BCUT2D eigenvalue weighted by Crippen LogP contribution is -2.34. The van der Waals surface area contributed by atoms with E-state index in [4.69, 9.17) is 10.2 Å². The van der Waals surface area contributed by atoms with Gasteiger partial charge in [0.15, 0.2) is 5.76 Å². The predicted molar refractivity (Wildman–Crippen MR) is 98.2 cm³/mol. The molecule has 4 N–H and O–H groups in total. The minimum Gasteiger partial charge on any atom is -0.459 e. The fraction of sp³-hybridized carbons (Fsp3) is 0.333. The normalized spacial score (nSPS) is 19.1. The molecule has 0 unspecified atom stereocenters. The fourth-order valence-corrected chi connectivity index (χ4v) is 3.02. The topological polar surface area (TPSA) is 97.4 Å². The van der Waals surface area contributed by atoms with Crippen molar-refractivity contribution in [2.24, 2.45) is 5.73 Å². The van der Waals surface area contributed by atoms with E-state index >= 15 is 0 Å². The Bertz CT molecular complexity index is 746. The second-order valence-corrected chi connectivity index (χ2v) is 6.15. The van der Waals surface area contributed by atoms with Crippen LogP contribution in [0.15, 0.2) is 41.0 Å².